The Balaban J connectivity index is 2.02. The van der Waals surface area contributed by atoms with Gasteiger partial charge in [0.05, 0.1) is 5.69 Å². The molecule has 0 aliphatic heterocycles. The second-order valence-corrected chi connectivity index (χ2v) is 6.92. The molecule has 0 amide bonds. The minimum absolute atomic E-state index is 0.0592. The fourth-order valence-electron chi connectivity index (χ4n) is 2.50. The van der Waals surface area contributed by atoms with Crippen LogP contribution in [0.4, 0.5) is 5.82 Å². The monoisotopic (exact) mass is 258 g/mol. The molecule has 1 aliphatic rings. The number of nitrogens with one attached hydrogen (secondary N) is 1. The number of nitrogens with zero attached hydrogens (tertiary/aromatic N) is 3. The first-order chi connectivity index (χ1) is 8.87. The Morgan fingerprint density at radius 1 is 1.32 bits per heavy atom. The summed E-state index contributed by atoms with van der Waals surface area (Å²) in [6.07, 6.45) is 7.47. The Hall–Kier alpha value is -1.58. The van der Waals surface area contributed by atoms with Crippen LogP contribution in [0.1, 0.15) is 52.7 Å². The van der Waals surface area contributed by atoms with Gasteiger partial charge in [0.25, 0.3) is 0 Å². The summed E-state index contributed by atoms with van der Waals surface area (Å²) in [5.41, 5.74) is 2.44. The van der Waals surface area contributed by atoms with E-state index in [0.29, 0.717) is 0 Å². The van der Waals surface area contributed by atoms with E-state index < -0.39 is 0 Å². The van der Waals surface area contributed by atoms with Gasteiger partial charge in [0, 0.05) is 23.3 Å². The normalized spacial score (nSPS) is 18.3. The zero-order valence-corrected chi connectivity index (χ0v) is 12.2. The molecule has 1 aliphatic carbocycles. The highest BCUT2D eigenvalue weighted by atomic mass is 15.2. The smallest absolute Gasteiger partial charge is 0.152 e. The standard InChI is InChI=1S/C15H22N4/c1-14(2,3)12-10-11-13(16-8-9-19(11)18-12)17-15(4)6-5-7-15/h8-10H,5-7H2,1-4H3,(H,16,17). The highest BCUT2D eigenvalue weighted by molar-refractivity contribution is 5.69. The van der Waals surface area contributed by atoms with Crippen molar-refractivity contribution in [2.24, 2.45) is 0 Å². The Kier molecular flexibility index (Phi) is 2.59. The molecule has 4 nitrogen and oxygen atoms in total. The molecule has 0 aromatic carbocycles. The van der Waals surface area contributed by atoms with Crippen LogP contribution in [-0.4, -0.2) is 20.1 Å². The topological polar surface area (TPSA) is 42.2 Å². The molecule has 102 valence electrons. The van der Waals surface area contributed by atoms with E-state index in [1.54, 1.807) is 0 Å². The van der Waals surface area contributed by atoms with Crippen LogP contribution in [0.25, 0.3) is 5.52 Å². The van der Waals surface area contributed by atoms with E-state index in [1.165, 1.54) is 19.3 Å². The second kappa shape index (κ2) is 3.95. The third kappa shape index (κ3) is 2.20. The molecule has 2 heterocycles. The predicted octanol–water partition coefficient (Wildman–Crippen LogP) is 3.38. The molecule has 0 spiro atoms. The highest BCUT2D eigenvalue weighted by Gasteiger charge is 2.32. The summed E-state index contributed by atoms with van der Waals surface area (Å²) in [7, 11) is 0. The average molecular weight is 258 g/mol. The summed E-state index contributed by atoms with van der Waals surface area (Å²) in [5, 5.41) is 8.25. The van der Waals surface area contributed by atoms with Crippen LogP contribution in [0.3, 0.4) is 0 Å². The lowest BCUT2D eigenvalue weighted by Crippen LogP contribution is -2.42. The number of hydrogen-bond donors (Lipinski definition) is 1. The molecule has 2 aromatic rings. The van der Waals surface area contributed by atoms with Crippen LogP contribution in [0.2, 0.25) is 0 Å². The van der Waals surface area contributed by atoms with Gasteiger partial charge in [0.2, 0.25) is 0 Å². The lowest BCUT2D eigenvalue weighted by molar-refractivity contribution is 0.306. The van der Waals surface area contributed by atoms with Gasteiger partial charge in [-0.25, -0.2) is 9.50 Å². The van der Waals surface area contributed by atoms with Crippen molar-refractivity contribution in [1.29, 1.82) is 0 Å². The van der Waals surface area contributed by atoms with E-state index in [0.717, 1.165) is 17.0 Å². The molecule has 1 fully saturated rings. The zero-order chi connectivity index (χ0) is 13.7. The first-order valence-electron chi connectivity index (χ1n) is 7.01. The summed E-state index contributed by atoms with van der Waals surface area (Å²) in [6.45, 7) is 8.82. The van der Waals surface area contributed by atoms with Gasteiger partial charge < -0.3 is 5.32 Å². The van der Waals surface area contributed by atoms with E-state index in [-0.39, 0.29) is 11.0 Å². The molecule has 1 N–H and O–H groups in total. The average Bonchev–Trinajstić information content (AvgIpc) is 2.71. The maximum Gasteiger partial charge on any atom is 0.152 e. The summed E-state index contributed by atoms with van der Waals surface area (Å²) in [6, 6.07) is 2.15. The van der Waals surface area contributed by atoms with Crippen molar-refractivity contribution in [1.82, 2.24) is 14.6 Å². The minimum Gasteiger partial charge on any atom is -0.363 e. The van der Waals surface area contributed by atoms with Gasteiger partial charge in [-0.3, -0.25) is 0 Å². The fourth-order valence-corrected chi connectivity index (χ4v) is 2.50. The molecular weight excluding hydrogens is 236 g/mol. The lowest BCUT2D eigenvalue weighted by atomic mass is 9.78. The first-order valence-corrected chi connectivity index (χ1v) is 7.01. The van der Waals surface area contributed by atoms with Crippen LogP contribution in [0.5, 0.6) is 0 Å². The minimum atomic E-state index is 0.0592. The van der Waals surface area contributed by atoms with Crippen LogP contribution < -0.4 is 5.32 Å². The Morgan fingerprint density at radius 3 is 2.63 bits per heavy atom. The van der Waals surface area contributed by atoms with Crippen molar-refractivity contribution in [2.75, 3.05) is 5.32 Å². The molecule has 0 saturated heterocycles. The van der Waals surface area contributed by atoms with Gasteiger partial charge in [-0.1, -0.05) is 20.8 Å². The summed E-state index contributed by atoms with van der Waals surface area (Å²) in [4.78, 5) is 4.50. The maximum atomic E-state index is 4.66. The van der Waals surface area contributed by atoms with Crippen molar-refractivity contribution >= 4 is 11.3 Å². The third-order valence-electron chi connectivity index (χ3n) is 4.04. The summed E-state index contributed by atoms with van der Waals surface area (Å²) < 4.78 is 1.93. The molecule has 2 aromatic heterocycles. The Morgan fingerprint density at radius 2 is 2.05 bits per heavy atom. The van der Waals surface area contributed by atoms with Gasteiger partial charge in [0.15, 0.2) is 5.82 Å². The van der Waals surface area contributed by atoms with Gasteiger partial charge in [-0.2, -0.15) is 5.10 Å². The number of anilines is 1. The van der Waals surface area contributed by atoms with E-state index in [2.05, 4.69) is 49.2 Å². The van der Waals surface area contributed by atoms with Crippen molar-refractivity contribution in [3.05, 3.63) is 24.2 Å². The lowest BCUT2D eigenvalue weighted by Gasteiger charge is -2.39. The summed E-state index contributed by atoms with van der Waals surface area (Å²) >= 11 is 0. The number of rotatable bonds is 2. The van der Waals surface area contributed by atoms with Crippen molar-refractivity contribution in [3.63, 3.8) is 0 Å². The van der Waals surface area contributed by atoms with Crippen molar-refractivity contribution in [2.45, 2.75) is 57.9 Å². The van der Waals surface area contributed by atoms with E-state index in [9.17, 15) is 0 Å². The molecule has 19 heavy (non-hydrogen) atoms. The number of aromatic nitrogens is 3. The molecular formula is C15H22N4. The molecule has 4 heteroatoms. The fraction of sp³-hybridized carbons (Fsp3) is 0.600. The second-order valence-electron chi connectivity index (χ2n) is 6.92. The van der Waals surface area contributed by atoms with Crippen LogP contribution >= 0.6 is 0 Å². The zero-order valence-electron chi connectivity index (χ0n) is 12.2. The quantitative estimate of drug-likeness (QED) is 0.898. The van der Waals surface area contributed by atoms with Gasteiger partial charge in [0.1, 0.15) is 5.52 Å². The molecule has 0 radical (unpaired) electrons. The highest BCUT2D eigenvalue weighted by Crippen LogP contribution is 2.35. The maximum absolute atomic E-state index is 4.66. The SMILES string of the molecule is CC1(Nc2nccn3nc(C(C)(C)C)cc23)CCC1. The molecule has 3 rings (SSSR count). The van der Waals surface area contributed by atoms with Crippen LogP contribution in [0.15, 0.2) is 18.5 Å². The van der Waals surface area contributed by atoms with Crippen molar-refractivity contribution < 1.29 is 0 Å². The first kappa shape index (κ1) is 12.5. The molecule has 0 bridgehead atoms. The molecule has 0 unspecified atom stereocenters. The Labute approximate surface area is 114 Å². The molecule has 1 saturated carbocycles. The van der Waals surface area contributed by atoms with Crippen molar-refractivity contribution in [3.8, 4) is 0 Å². The van der Waals surface area contributed by atoms with E-state index in [4.69, 9.17) is 0 Å². The van der Waals surface area contributed by atoms with E-state index in [1.807, 2.05) is 16.9 Å². The van der Waals surface area contributed by atoms with Crippen LogP contribution in [0, 0.1) is 0 Å². The van der Waals surface area contributed by atoms with Crippen LogP contribution in [-0.2, 0) is 5.41 Å². The van der Waals surface area contributed by atoms with Gasteiger partial charge >= 0.3 is 0 Å². The number of fused-ring (bicyclic) bond motifs is 1. The summed E-state index contributed by atoms with van der Waals surface area (Å²) in [5.74, 6) is 0.952. The Bertz CT molecular complexity index is 602. The van der Waals surface area contributed by atoms with Gasteiger partial charge in [-0.15, -0.1) is 0 Å². The van der Waals surface area contributed by atoms with E-state index >= 15 is 0 Å². The third-order valence-corrected chi connectivity index (χ3v) is 4.04. The van der Waals surface area contributed by atoms with Gasteiger partial charge in [-0.05, 0) is 32.3 Å². The predicted molar refractivity (Wildman–Crippen MR) is 77.6 cm³/mol. The number of hydrogen-bond acceptors (Lipinski definition) is 3. The molecule has 0 atom stereocenters. The largest absolute Gasteiger partial charge is 0.363 e.